The Morgan fingerprint density at radius 1 is 1.25 bits per heavy atom. The van der Waals surface area contributed by atoms with Crippen molar-refractivity contribution in [3.05, 3.63) is 45.9 Å². The fourth-order valence-electron chi connectivity index (χ4n) is 1.87. The van der Waals surface area contributed by atoms with Gasteiger partial charge in [0, 0.05) is 24.0 Å². The van der Waals surface area contributed by atoms with Crippen LogP contribution in [-0.2, 0) is 23.9 Å². The van der Waals surface area contributed by atoms with Gasteiger partial charge in [0.15, 0.2) is 0 Å². The topological polar surface area (TPSA) is 68.0 Å². The number of aryl methyl sites for hydroxylation is 1. The van der Waals surface area contributed by atoms with Crippen LogP contribution in [0.25, 0.3) is 0 Å². The van der Waals surface area contributed by atoms with Crippen LogP contribution in [0.3, 0.4) is 0 Å². The van der Waals surface area contributed by atoms with Crippen LogP contribution in [0.2, 0.25) is 0 Å². The molecule has 1 amide bonds. The Bertz CT molecular complexity index is 651. The number of nitrogens with one attached hydrogen (secondary N) is 1. The number of alkyl halides is 3. The highest BCUT2D eigenvalue weighted by Crippen LogP contribution is 2.32. The molecular formula is C14H16Cl2F3N3OS. The normalized spacial score (nSPS) is 10.5. The van der Waals surface area contributed by atoms with Crippen LogP contribution >= 0.6 is 36.2 Å². The lowest BCUT2D eigenvalue weighted by Crippen LogP contribution is -2.14. The van der Waals surface area contributed by atoms with Crippen LogP contribution in [0, 0.1) is 0 Å². The molecule has 10 heteroatoms. The Morgan fingerprint density at radius 2 is 1.96 bits per heavy atom. The molecule has 0 aliphatic heterocycles. The maximum atomic E-state index is 12.8. The lowest BCUT2D eigenvalue weighted by Gasteiger charge is -2.12. The number of hydrogen-bond donors (Lipinski definition) is 2. The zero-order valence-corrected chi connectivity index (χ0v) is 14.7. The molecule has 1 aromatic carbocycles. The first kappa shape index (κ1) is 22.6. The van der Waals surface area contributed by atoms with Gasteiger partial charge in [0.25, 0.3) is 0 Å². The van der Waals surface area contributed by atoms with E-state index in [0.717, 1.165) is 17.8 Å². The van der Waals surface area contributed by atoms with Crippen LogP contribution < -0.4 is 11.1 Å². The lowest BCUT2D eigenvalue weighted by molar-refractivity contribution is -0.137. The fraction of sp³-hybridized carbons (Fsp3) is 0.286. The first-order valence-corrected chi connectivity index (χ1v) is 7.41. The maximum Gasteiger partial charge on any atom is 0.416 e. The number of nitrogens with zero attached hydrogens (tertiary/aromatic N) is 1. The summed E-state index contributed by atoms with van der Waals surface area (Å²) in [5.41, 5.74) is 7.42. The summed E-state index contributed by atoms with van der Waals surface area (Å²) < 4.78 is 38.4. The molecule has 0 saturated carbocycles. The minimum Gasteiger partial charge on any atom is -0.326 e. The van der Waals surface area contributed by atoms with Crippen LogP contribution in [0.1, 0.15) is 23.2 Å². The minimum atomic E-state index is -4.48. The van der Waals surface area contributed by atoms with E-state index >= 15 is 0 Å². The third-order valence-electron chi connectivity index (χ3n) is 2.93. The van der Waals surface area contributed by atoms with Crippen LogP contribution in [0.15, 0.2) is 29.1 Å². The highest BCUT2D eigenvalue weighted by atomic mass is 35.5. The van der Waals surface area contributed by atoms with E-state index in [1.54, 1.807) is 5.51 Å². The van der Waals surface area contributed by atoms with E-state index in [1.165, 1.54) is 17.4 Å². The summed E-state index contributed by atoms with van der Waals surface area (Å²) in [6.07, 6.45) is -3.89. The third kappa shape index (κ3) is 6.64. The summed E-state index contributed by atoms with van der Waals surface area (Å²) >= 11 is 1.42. The van der Waals surface area contributed by atoms with Crippen molar-refractivity contribution in [2.24, 2.45) is 5.73 Å². The van der Waals surface area contributed by atoms with E-state index < -0.39 is 11.7 Å². The molecule has 1 aromatic heterocycles. The summed E-state index contributed by atoms with van der Waals surface area (Å²) in [4.78, 5) is 15.9. The van der Waals surface area contributed by atoms with Gasteiger partial charge in [-0.15, -0.1) is 36.2 Å². The predicted molar refractivity (Wildman–Crippen MR) is 92.9 cm³/mol. The van der Waals surface area contributed by atoms with Crippen molar-refractivity contribution in [2.75, 3.05) is 5.32 Å². The van der Waals surface area contributed by atoms with E-state index in [4.69, 9.17) is 5.73 Å². The number of rotatable bonds is 5. The molecule has 0 saturated heterocycles. The largest absolute Gasteiger partial charge is 0.416 e. The zero-order valence-electron chi connectivity index (χ0n) is 12.3. The third-order valence-corrected chi connectivity index (χ3v) is 3.57. The molecule has 0 aliphatic carbocycles. The van der Waals surface area contributed by atoms with E-state index in [9.17, 15) is 18.0 Å². The van der Waals surface area contributed by atoms with Gasteiger partial charge in [-0.05, 0) is 30.2 Å². The molecule has 0 fully saturated rings. The van der Waals surface area contributed by atoms with Crippen molar-refractivity contribution < 1.29 is 18.0 Å². The number of benzene rings is 1. The van der Waals surface area contributed by atoms with Gasteiger partial charge >= 0.3 is 6.18 Å². The smallest absolute Gasteiger partial charge is 0.326 e. The summed E-state index contributed by atoms with van der Waals surface area (Å²) in [5, 5.41) is 4.30. The Hall–Kier alpha value is -1.35. The molecule has 2 aromatic rings. The van der Waals surface area contributed by atoms with E-state index in [1.807, 2.05) is 5.38 Å². The van der Waals surface area contributed by atoms with E-state index in [-0.39, 0.29) is 49.4 Å². The highest BCUT2D eigenvalue weighted by Gasteiger charge is 2.31. The molecule has 0 spiro atoms. The van der Waals surface area contributed by atoms with Crippen LogP contribution in [-0.4, -0.2) is 10.9 Å². The average molecular weight is 402 g/mol. The van der Waals surface area contributed by atoms with Crippen molar-refractivity contribution in [3.8, 4) is 0 Å². The van der Waals surface area contributed by atoms with Crippen LogP contribution in [0.4, 0.5) is 18.9 Å². The number of hydrogen-bond acceptors (Lipinski definition) is 4. The van der Waals surface area contributed by atoms with Crippen molar-refractivity contribution in [1.29, 1.82) is 0 Å². The number of carbonyl (C=O) groups is 1. The molecule has 3 N–H and O–H groups in total. The van der Waals surface area contributed by atoms with Crippen molar-refractivity contribution in [3.63, 3.8) is 0 Å². The molecule has 0 atom stereocenters. The molecule has 1 heterocycles. The number of carbonyl (C=O) groups excluding carboxylic acids is 1. The molecule has 0 aliphatic rings. The zero-order chi connectivity index (χ0) is 16.2. The number of amides is 1. The van der Waals surface area contributed by atoms with Gasteiger partial charge < -0.3 is 11.1 Å². The number of thiazole rings is 1. The second kappa shape index (κ2) is 9.83. The Labute approximate surface area is 153 Å². The molecule has 2 rings (SSSR count). The molecular weight excluding hydrogens is 386 g/mol. The Kier molecular flexibility index (Phi) is 9.27. The monoisotopic (exact) mass is 401 g/mol. The van der Waals surface area contributed by atoms with Crippen molar-refractivity contribution >= 4 is 47.7 Å². The van der Waals surface area contributed by atoms with E-state index in [2.05, 4.69) is 10.3 Å². The van der Waals surface area contributed by atoms with Crippen molar-refractivity contribution in [2.45, 2.75) is 25.6 Å². The van der Waals surface area contributed by atoms with Gasteiger partial charge in [-0.25, -0.2) is 4.98 Å². The SMILES string of the molecule is Cl.Cl.NCc1cc(NC(=O)CCc2cscn2)cc(C(F)(F)F)c1. The summed E-state index contributed by atoms with van der Waals surface area (Å²) in [5.74, 6) is -0.365. The fourth-order valence-corrected chi connectivity index (χ4v) is 2.46. The van der Waals surface area contributed by atoms with Gasteiger partial charge in [-0.2, -0.15) is 13.2 Å². The summed E-state index contributed by atoms with van der Waals surface area (Å²) in [6, 6.07) is 3.32. The van der Waals surface area contributed by atoms with Crippen LogP contribution in [0.5, 0.6) is 0 Å². The summed E-state index contributed by atoms with van der Waals surface area (Å²) in [7, 11) is 0. The van der Waals surface area contributed by atoms with Gasteiger partial charge in [-0.1, -0.05) is 0 Å². The molecule has 0 radical (unpaired) electrons. The molecule has 24 heavy (non-hydrogen) atoms. The number of halogens is 5. The standard InChI is InChI=1S/C14H14F3N3OS.2ClH/c15-14(16,17)10-3-9(6-18)4-12(5-10)20-13(21)2-1-11-7-22-8-19-11;;/h3-5,7-8H,1-2,6,18H2,(H,20,21);2*1H. The average Bonchev–Trinajstić information content (AvgIpc) is 2.97. The quantitative estimate of drug-likeness (QED) is 0.794. The Morgan fingerprint density at radius 3 is 2.50 bits per heavy atom. The Balaban J connectivity index is 0.00000264. The second-order valence-electron chi connectivity index (χ2n) is 4.65. The highest BCUT2D eigenvalue weighted by molar-refractivity contribution is 7.07. The number of anilines is 1. The number of nitrogens with two attached hydrogens (primary N) is 1. The van der Waals surface area contributed by atoms with Gasteiger partial charge in [0.05, 0.1) is 16.8 Å². The molecule has 134 valence electrons. The maximum absolute atomic E-state index is 12.8. The first-order chi connectivity index (χ1) is 10.4. The van der Waals surface area contributed by atoms with Gasteiger partial charge in [0.2, 0.25) is 5.91 Å². The number of aromatic nitrogens is 1. The van der Waals surface area contributed by atoms with E-state index in [0.29, 0.717) is 12.0 Å². The van der Waals surface area contributed by atoms with Crippen molar-refractivity contribution in [1.82, 2.24) is 4.98 Å². The molecule has 4 nitrogen and oxygen atoms in total. The predicted octanol–water partition coefficient (Wildman–Crippen LogP) is 4.04. The first-order valence-electron chi connectivity index (χ1n) is 6.46. The van der Waals surface area contributed by atoms with Gasteiger partial charge in [0.1, 0.15) is 0 Å². The minimum absolute atomic E-state index is 0. The lowest BCUT2D eigenvalue weighted by atomic mass is 10.1. The van der Waals surface area contributed by atoms with Gasteiger partial charge in [-0.3, -0.25) is 4.79 Å². The summed E-state index contributed by atoms with van der Waals surface area (Å²) in [6.45, 7) is -0.0361. The molecule has 0 bridgehead atoms. The second-order valence-corrected chi connectivity index (χ2v) is 5.37. The molecule has 0 unspecified atom stereocenters.